The van der Waals surface area contributed by atoms with Crippen LogP contribution in [0.3, 0.4) is 0 Å². The average Bonchev–Trinajstić information content (AvgIpc) is 2.77. The molecule has 0 bridgehead atoms. The molecule has 1 fully saturated rings. The van der Waals surface area contributed by atoms with Gasteiger partial charge in [0.2, 0.25) is 5.91 Å². The Hall–Kier alpha value is -2.27. The molecule has 0 N–H and O–H groups in total. The van der Waals surface area contributed by atoms with E-state index >= 15 is 0 Å². The summed E-state index contributed by atoms with van der Waals surface area (Å²) in [4.78, 5) is 17.9. The van der Waals surface area contributed by atoms with Crippen molar-refractivity contribution in [2.45, 2.75) is 6.42 Å². The fraction of sp³-hybridized carbons (Fsp3) is 0.462. The van der Waals surface area contributed by atoms with Crippen molar-refractivity contribution in [1.29, 1.82) is 0 Å². The number of carbonyl (C=O) groups excluding carboxylic acids is 1. The van der Waals surface area contributed by atoms with Crippen molar-refractivity contribution in [3.05, 3.63) is 34.5 Å². The van der Waals surface area contributed by atoms with Crippen molar-refractivity contribution in [1.82, 2.24) is 0 Å². The molecule has 1 saturated heterocycles. The van der Waals surface area contributed by atoms with Crippen molar-refractivity contribution in [2.75, 3.05) is 37.0 Å². The number of rotatable bonds is 4. The van der Waals surface area contributed by atoms with Crippen molar-refractivity contribution in [3.8, 4) is 0 Å². The van der Waals surface area contributed by atoms with E-state index in [1.807, 2.05) is 0 Å². The maximum atomic E-state index is 13.9. The van der Waals surface area contributed by atoms with E-state index in [9.17, 15) is 9.18 Å². The normalized spacial score (nSPS) is 18.1. The second-order valence-electron chi connectivity index (χ2n) is 5.02. The molecule has 0 radical (unpaired) electrons. The van der Waals surface area contributed by atoms with Gasteiger partial charge in [0.25, 0.3) is 0 Å². The van der Waals surface area contributed by atoms with Gasteiger partial charge in [-0.25, -0.2) is 4.39 Å². The van der Waals surface area contributed by atoms with Crippen LogP contribution in [0, 0.1) is 11.7 Å². The van der Waals surface area contributed by atoms with Gasteiger partial charge in [-0.15, -0.1) is 0 Å². The van der Waals surface area contributed by atoms with E-state index in [2.05, 4.69) is 10.0 Å². The van der Waals surface area contributed by atoms with Crippen LogP contribution in [0.2, 0.25) is 0 Å². The maximum absolute atomic E-state index is 13.9. The van der Waals surface area contributed by atoms with Gasteiger partial charge in [-0.2, -0.15) is 0 Å². The molecule has 1 amide bonds. The zero-order chi connectivity index (χ0) is 14.7. The lowest BCUT2D eigenvalue weighted by atomic mass is 10.1. The van der Waals surface area contributed by atoms with E-state index in [0.29, 0.717) is 24.3 Å². The molecule has 1 heterocycles. The van der Waals surface area contributed by atoms with Crippen LogP contribution in [0.1, 0.15) is 6.42 Å². The molecule has 1 aromatic carbocycles. The van der Waals surface area contributed by atoms with Crippen LogP contribution in [0.25, 0.3) is 10.4 Å². The molecule has 0 saturated carbocycles. The molecule has 1 atom stereocenters. The average molecular weight is 277 g/mol. The van der Waals surface area contributed by atoms with Crippen LogP contribution in [-0.2, 0) is 4.79 Å². The first-order valence-corrected chi connectivity index (χ1v) is 6.31. The number of halogens is 1. The van der Waals surface area contributed by atoms with Crippen molar-refractivity contribution in [3.63, 3.8) is 0 Å². The second-order valence-corrected chi connectivity index (χ2v) is 5.02. The number of azide groups is 1. The van der Waals surface area contributed by atoms with Gasteiger partial charge in [-0.1, -0.05) is 5.11 Å². The minimum absolute atomic E-state index is 0.00464. The third kappa shape index (κ3) is 2.83. The van der Waals surface area contributed by atoms with E-state index in [1.165, 1.54) is 6.07 Å². The molecule has 1 unspecified atom stereocenters. The Balaban J connectivity index is 2.18. The highest BCUT2D eigenvalue weighted by Gasteiger charge is 2.30. The number of hydrogen-bond donors (Lipinski definition) is 0. The van der Waals surface area contributed by atoms with Crippen LogP contribution in [0.4, 0.5) is 15.8 Å². The van der Waals surface area contributed by atoms with Gasteiger partial charge in [0, 0.05) is 44.2 Å². The molecule has 1 aromatic rings. The number of carbonyl (C=O) groups is 1. The number of hydrogen-bond acceptors (Lipinski definition) is 3. The topological polar surface area (TPSA) is 72.3 Å². The van der Waals surface area contributed by atoms with Gasteiger partial charge in [0.1, 0.15) is 5.82 Å². The quantitative estimate of drug-likeness (QED) is 0.482. The molecule has 6 nitrogen and oxygen atoms in total. The third-order valence-corrected chi connectivity index (χ3v) is 3.33. The maximum Gasteiger partial charge on any atom is 0.227 e. The Labute approximate surface area is 116 Å². The lowest BCUT2D eigenvalue weighted by molar-refractivity contribution is -0.117. The summed E-state index contributed by atoms with van der Waals surface area (Å²) in [7, 11) is 3.52. The SMILES string of the molecule is CN(C)c1ccc(N2CC(CN=[N+]=[N-])CC2=O)cc1F. The Kier molecular flexibility index (Phi) is 4.10. The fourth-order valence-corrected chi connectivity index (χ4v) is 2.33. The van der Waals surface area contributed by atoms with E-state index in [4.69, 9.17) is 5.53 Å². The molecule has 1 aliphatic rings. The lowest BCUT2D eigenvalue weighted by Gasteiger charge is -2.19. The van der Waals surface area contributed by atoms with E-state index in [1.54, 1.807) is 36.0 Å². The number of amides is 1. The monoisotopic (exact) mass is 277 g/mol. The van der Waals surface area contributed by atoms with Gasteiger partial charge < -0.3 is 9.80 Å². The minimum atomic E-state index is -0.362. The van der Waals surface area contributed by atoms with Gasteiger partial charge >= 0.3 is 0 Å². The smallest absolute Gasteiger partial charge is 0.227 e. The highest BCUT2D eigenvalue weighted by molar-refractivity contribution is 5.95. The van der Waals surface area contributed by atoms with Gasteiger partial charge in [0.05, 0.1) is 5.69 Å². The van der Waals surface area contributed by atoms with Crippen molar-refractivity contribution in [2.24, 2.45) is 11.0 Å². The standard InChI is InChI=1S/C13H16FN5O/c1-18(2)12-4-3-10(6-11(12)14)19-8-9(5-13(19)20)7-16-17-15/h3-4,6,9H,5,7-8H2,1-2H3. The first kappa shape index (κ1) is 14.1. The van der Waals surface area contributed by atoms with Gasteiger partial charge in [0.15, 0.2) is 0 Å². The predicted octanol–water partition coefficient (Wildman–Crippen LogP) is 2.55. The van der Waals surface area contributed by atoms with E-state index in [0.717, 1.165) is 0 Å². The number of benzene rings is 1. The molecule has 0 aromatic heterocycles. The highest BCUT2D eigenvalue weighted by Crippen LogP contribution is 2.28. The molecular weight excluding hydrogens is 261 g/mol. The Morgan fingerprint density at radius 1 is 1.55 bits per heavy atom. The molecule has 7 heteroatoms. The predicted molar refractivity (Wildman–Crippen MR) is 75.2 cm³/mol. The number of nitrogens with zero attached hydrogens (tertiary/aromatic N) is 5. The lowest BCUT2D eigenvalue weighted by Crippen LogP contribution is -2.25. The second kappa shape index (κ2) is 5.79. The summed E-state index contributed by atoms with van der Waals surface area (Å²) in [6, 6.07) is 4.74. The fourth-order valence-electron chi connectivity index (χ4n) is 2.33. The van der Waals surface area contributed by atoms with Crippen molar-refractivity contribution >= 4 is 17.3 Å². The first-order valence-electron chi connectivity index (χ1n) is 6.31. The van der Waals surface area contributed by atoms with E-state index < -0.39 is 0 Å². The van der Waals surface area contributed by atoms with Crippen LogP contribution < -0.4 is 9.80 Å². The summed E-state index contributed by atoms with van der Waals surface area (Å²) in [5.41, 5.74) is 9.32. The zero-order valence-corrected chi connectivity index (χ0v) is 11.5. The van der Waals surface area contributed by atoms with Crippen molar-refractivity contribution < 1.29 is 9.18 Å². The number of anilines is 2. The highest BCUT2D eigenvalue weighted by atomic mass is 19.1. The summed E-state index contributed by atoms with van der Waals surface area (Å²) in [5, 5.41) is 3.49. The van der Waals surface area contributed by atoms with Crippen LogP contribution in [-0.4, -0.2) is 33.1 Å². The Morgan fingerprint density at radius 2 is 2.30 bits per heavy atom. The molecule has 2 rings (SSSR count). The zero-order valence-electron chi connectivity index (χ0n) is 11.5. The van der Waals surface area contributed by atoms with Crippen LogP contribution in [0.15, 0.2) is 23.3 Å². The summed E-state index contributed by atoms with van der Waals surface area (Å²) < 4.78 is 13.9. The van der Waals surface area contributed by atoms with Crippen LogP contribution in [0.5, 0.6) is 0 Å². The molecule has 0 spiro atoms. The summed E-state index contributed by atoms with van der Waals surface area (Å²) >= 11 is 0. The first-order chi connectivity index (χ1) is 9.52. The summed E-state index contributed by atoms with van der Waals surface area (Å²) in [6.45, 7) is 0.746. The molecule has 0 aliphatic carbocycles. The minimum Gasteiger partial charge on any atom is -0.375 e. The molecule has 106 valence electrons. The third-order valence-electron chi connectivity index (χ3n) is 3.33. The summed E-state index contributed by atoms with van der Waals surface area (Å²) in [6.07, 6.45) is 0.329. The molecular formula is C13H16FN5O. The summed E-state index contributed by atoms with van der Waals surface area (Å²) in [5.74, 6) is -0.436. The molecule has 20 heavy (non-hydrogen) atoms. The van der Waals surface area contributed by atoms with Gasteiger partial charge in [-0.05, 0) is 29.6 Å². The Bertz CT molecular complexity index is 568. The Morgan fingerprint density at radius 3 is 2.90 bits per heavy atom. The van der Waals surface area contributed by atoms with Gasteiger partial charge in [-0.3, -0.25) is 4.79 Å². The van der Waals surface area contributed by atoms with Crippen LogP contribution >= 0.6 is 0 Å². The van der Waals surface area contributed by atoms with E-state index in [-0.39, 0.29) is 24.2 Å². The molecule has 1 aliphatic heterocycles. The largest absolute Gasteiger partial charge is 0.375 e.